The van der Waals surface area contributed by atoms with E-state index < -0.39 is 20.5 Å². The van der Waals surface area contributed by atoms with E-state index in [1.54, 1.807) is 0 Å². The quantitative estimate of drug-likeness (QED) is 0.287. The molecule has 0 aromatic carbocycles. The fraction of sp³-hybridized carbons (Fsp3) is 0.429. The molecule has 0 unspecified atom stereocenters. The SMILES string of the molecule is C#CCOC(=O)CCC(=O)O.OP(O)O. The summed E-state index contributed by atoms with van der Waals surface area (Å²) in [6.07, 6.45) is 4.44. The van der Waals surface area contributed by atoms with Crippen LogP contribution in [0.1, 0.15) is 12.8 Å². The molecule has 0 fully saturated rings. The van der Waals surface area contributed by atoms with E-state index in [0.717, 1.165) is 0 Å². The molecule has 0 aromatic heterocycles. The van der Waals surface area contributed by atoms with Crippen LogP contribution in [0.15, 0.2) is 0 Å². The highest BCUT2D eigenvalue weighted by Crippen LogP contribution is 2.11. The minimum absolute atomic E-state index is 0.0988. The van der Waals surface area contributed by atoms with Gasteiger partial charge in [-0.25, -0.2) is 0 Å². The van der Waals surface area contributed by atoms with Gasteiger partial charge in [0.2, 0.25) is 0 Å². The van der Waals surface area contributed by atoms with E-state index in [1.165, 1.54) is 0 Å². The third-order valence-corrected chi connectivity index (χ3v) is 0.859. The van der Waals surface area contributed by atoms with E-state index in [9.17, 15) is 9.59 Å². The highest BCUT2D eigenvalue weighted by atomic mass is 31.2. The van der Waals surface area contributed by atoms with E-state index >= 15 is 0 Å². The molecule has 0 atom stereocenters. The first-order chi connectivity index (χ1) is 6.90. The van der Waals surface area contributed by atoms with E-state index in [2.05, 4.69) is 10.7 Å². The topological polar surface area (TPSA) is 124 Å². The Hall–Kier alpha value is -1.19. The molecule has 8 heteroatoms. The number of carbonyl (C=O) groups excluding carboxylic acids is 1. The Kier molecular flexibility index (Phi) is 11.8. The summed E-state index contributed by atoms with van der Waals surface area (Å²) in [5.74, 6) is 0.492. The number of carboxylic acids is 1. The summed E-state index contributed by atoms with van der Waals surface area (Å²) in [5.41, 5.74) is 0. The van der Waals surface area contributed by atoms with Crippen LogP contribution in [0.2, 0.25) is 0 Å². The molecule has 0 saturated heterocycles. The lowest BCUT2D eigenvalue weighted by Gasteiger charge is -1.96. The maximum atomic E-state index is 10.5. The first kappa shape index (κ1) is 16.2. The molecular formula is C7H11O7P. The summed E-state index contributed by atoms with van der Waals surface area (Å²) in [7, 11) is -2.62. The fourth-order valence-corrected chi connectivity index (χ4v) is 0.403. The van der Waals surface area contributed by atoms with Crippen LogP contribution in [0, 0.1) is 12.3 Å². The lowest BCUT2D eigenvalue weighted by atomic mass is 10.3. The third-order valence-electron chi connectivity index (χ3n) is 0.859. The Morgan fingerprint density at radius 1 is 1.27 bits per heavy atom. The largest absolute Gasteiger partial charge is 0.481 e. The van der Waals surface area contributed by atoms with E-state index in [4.69, 9.17) is 26.2 Å². The van der Waals surface area contributed by atoms with Crippen molar-refractivity contribution in [3.05, 3.63) is 0 Å². The van der Waals surface area contributed by atoms with Crippen molar-refractivity contribution in [2.45, 2.75) is 12.8 Å². The molecule has 0 radical (unpaired) electrons. The van der Waals surface area contributed by atoms with Crippen molar-refractivity contribution < 1.29 is 34.1 Å². The van der Waals surface area contributed by atoms with Gasteiger partial charge in [0.05, 0.1) is 12.8 Å². The second kappa shape index (κ2) is 10.9. The predicted octanol–water partition coefficient (Wildman–Crippen LogP) is -0.782. The fourth-order valence-electron chi connectivity index (χ4n) is 0.403. The van der Waals surface area contributed by atoms with Gasteiger partial charge in [0.25, 0.3) is 0 Å². The zero-order chi connectivity index (χ0) is 12.3. The summed E-state index contributed by atoms with van der Waals surface area (Å²) >= 11 is 0. The van der Waals surface area contributed by atoms with Gasteiger partial charge < -0.3 is 24.5 Å². The molecule has 0 aliphatic carbocycles. The number of aliphatic carboxylic acids is 1. The summed E-state index contributed by atoms with van der Waals surface area (Å²) in [6.45, 7) is -0.0988. The Morgan fingerprint density at radius 3 is 2.07 bits per heavy atom. The van der Waals surface area contributed by atoms with Gasteiger partial charge in [-0.1, -0.05) is 5.92 Å². The van der Waals surface area contributed by atoms with Gasteiger partial charge in [-0.2, -0.15) is 0 Å². The predicted molar refractivity (Wildman–Crippen MR) is 50.2 cm³/mol. The Morgan fingerprint density at radius 2 is 1.73 bits per heavy atom. The normalized spacial score (nSPS) is 8.47. The molecule has 0 aromatic rings. The zero-order valence-corrected chi connectivity index (χ0v) is 8.55. The Balaban J connectivity index is 0. The average molecular weight is 238 g/mol. The van der Waals surface area contributed by atoms with Crippen molar-refractivity contribution in [2.75, 3.05) is 6.61 Å². The summed E-state index contributed by atoms with van der Waals surface area (Å²) in [6, 6.07) is 0. The smallest absolute Gasteiger partial charge is 0.324 e. The number of terminal acetylenes is 1. The van der Waals surface area contributed by atoms with E-state index in [-0.39, 0.29) is 19.4 Å². The van der Waals surface area contributed by atoms with Crippen LogP contribution in [0.25, 0.3) is 0 Å². The molecular weight excluding hydrogens is 227 g/mol. The van der Waals surface area contributed by atoms with Crippen molar-refractivity contribution in [1.29, 1.82) is 0 Å². The average Bonchev–Trinajstić information content (AvgIpc) is 2.10. The van der Waals surface area contributed by atoms with Crippen LogP contribution in [-0.4, -0.2) is 38.3 Å². The number of rotatable bonds is 4. The van der Waals surface area contributed by atoms with Crippen LogP contribution in [-0.2, 0) is 14.3 Å². The monoisotopic (exact) mass is 238 g/mol. The third kappa shape index (κ3) is 24.5. The van der Waals surface area contributed by atoms with Gasteiger partial charge in [-0.3, -0.25) is 9.59 Å². The van der Waals surface area contributed by atoms with Crippen molar-refractivity contribution in [3.63, 3.8) is 0 Å². The second-order valence-electron chi connectivity index (χ2n) is 2.03. The summed E-state index contributed by atoms with van der Waals surface area (Å²) in [5, 5.41) is 8.14. The number of hydrogen-bond acceptors (Lipinski definition) is 6. The van der Waals surface area contributed by atoms with Crippen molar-refractivity contribution in [3.8, 4) is 12.3 Å². The number of esters is 1. The number of carbonyl (C=O) groups is 2. The Labute approximate surface area is 87.3 Å². The van der Waals surface area contributed by atoms with E-state index in [0.29, 0.717) is 0 Å². The molecule has 0 saturated carbocycles. The maximum absolute atomic E-state index is 10.5. The van der Waals surface area contributed by atoms with Gasteiger partial charge in [-0.05, 0) is 0 Å². The maximum Gasteiger partial charge on any atom is 0.324 e. The molecule has 0 bridgehead atoms. The number of carboxylic acid groups (broad SMARTS) is 1. The van der Waals surface area contributed by atoms with Crippen LogP contribution >= 0.6 is 8.60 Å². The standard InChI is InChI=1S/C7H8O4.H3O3P/c1-2-5-11-7(10)4-3-6(8)9;1-4(2)3/h1H,3-5H2,(H,8,9);1-3H. The van der Waals surface area contributed by atoms with E-state index in [1.807, 2.05) is 0 Å². The summed E-state index contributed by atoms with van der Waals surface area (Å²) < 4.78 is 4.40. The first-order valence-corrected chi connectivity index (χ1v) is 4.77. The number of ether oxygens (including phenoxy) is 1. The summed E-state index contributed by atoms with van der Waals surface area (Å²) in [4.78, 5) is 42.1. The zero-order valence-electron chi connectivity index (χ0n) is 7.66. The van der Waals surface area contributed by atoms with Crippen LogP contribution in [0.5, 0.6) is 0 Å². The molecule has 4 N–H and O–H groups in total. The van der Waals surface area contributed by atoms with Crippen LogP contribution < -0.4 is 0 Å². The lowest BCUT2D eigenvalue weighted by Crippen LogP contribution is -2.07. The number of hydrogen-bond donors (Lipinski definition) is 4. The minimum atomic E-state index is -2.62. The lowest BCUT2D eigenvalue weighted by molar-refractivity contribution is -0.146. The van der Waals surface area contributed by atoms with Crippen LogP contribution in [0.4, 0.5) is 0 Å². The molecule has 7 nitrogen and oxygen atoms in total. The molecule has 15 heavy (non-hydrogen) atoms. The molecule has 0 aliphatic rings. The van der Waals surface area contributed by atoms with Gasteiger partial charge in [-0.15, -0.1) is 6.42 Å². The van der Waals surface area contributed by atoms with Gasteiger partial charge in [0.1, 0.15) is 0 Å². The van der Waals surface area contributed by atoms with Crippen LogP contribution in [0.3, 0.4) is 0 Å². The second-order valence-corrected chi connectivity index (χ2v) is 2.56. The molecule has 0 aliphatic heterocycles. The molecule has 86 valence electrons. The first-order valence-electron chi connectivity index (χ1n) is 3.57. The van der Waals surface area contributed by atoms with Crippen molar-refractivity contribution >= 4 is 20.5 Å². The van der Waals surface area contributed by atoms with Gasteiger partial charge in [0.15, 0.2) is 6.61 Å². The van der Waals surface area contributed by atoms with Crippen molar-refractivity contribution in [1.82, 2.24) is 0 Å². The molecule has 0 rings (SSSR count). The molecule has 0 spiro atoms. The van der Waals surface area contributed by atoms with Gasteiger partial charge in [0, 0.05) is 0 Å². The minimum Gasteiger partial charge on any atom is -0.481 e. The van der Waals surface area contributed by atoms with Crippen molar-refractivity contribution in [2.24, 2.45) is 0 Å². The van der Waals surface area contributed by atoms with Gasteiger partial charge >= 0.3 is 20.5 Å². The Bertz CT molecular complexity index is 229. The molecule has 0 heterocycles. The highest BCUT2D eigenvalue weighted by Gasteiger charge is 2.04. The highest BCUT2D eigenvalue weighted by molar-refractivity contribution is 7.38. The molecule has 0 amide bonds.